The Bertz CT molecular complexity index is 283. The quantitative estimate of drug-likeness (QED) is 0.560. The van der Waals surface area contributed by atoms with E-state index in [1.54, 1.807) is 0 Å². The first-order valence-corrected chi connectivity index (χ1v) is 6.41. The van der Waals surface area contributed by atoms with Crippen LogP contribution in [0.5, 0.6) is 0 Å². The molecule has 0 bridgehead atoms. The topological polar surface area (TPSA) is 9.23 Å². The number of hydrogen-bond acceptors (Lipinski definition) is 1. The fraction of sp³-hybridized carbons (Fsp3) is 1.00. The second-order valence-electron chi connectivity index (χ2n) is 4.85. The minimum absolute atomic E-state index is 0.268. The molecule has 2 atom stereocenters. The largest absolute Gasteiger partial charge is 0.420 e. The minimum atomic E-state index is -5.38. The summed E-state index contributed by atoms with van der Waals surface area (Å²) in [5.41, 5.74) is -7.31. The predicted molar refractivity (Wildman–Crippen MR) is 60.4 cm³/mol. The van der Waals surface area contributed by atoms with Gasteiger partial charge in [-0.05, 0) is 12.8 Å². The molecule has 0 aromatic rings. The number of alkyl halides is 8. The van der Waals surface area contributed by atoms with Crippen LogP contribution >= 0.6 is 0 Å². The third-order valence-corrected chi connectivity index (χ3v) is 3.16. The molecule has 1 nitrogen and oxygen atoms in total. The van der Waals surface area contributed by atoms with Gasteiger partial charge in [0.1, 0.15) is 13.3 Å². The Labute approximate surface area is 117 Å². The summed E-state index contributed by atoms with van der Waals surface area (Å²) in [6.07, 6.45) is -13.3. The maximum atomic E-state index is 13.0. The maximum Gasteiger partial charge on any atom is 0.420 e. The van der Waals surface area contributed by atoms with Gasteiger partial charge in [-0.1, -0.05) is 26.7 Å². The van der Waals surface area contributed by atoms with Crippen molar-refractivity contribution in [3.63, 3.8) is 0 Å². The number of rotatable bonds is 8. The van der Waals surface area contributed by atoms with Gasteiger partial charge >= 0.3 is 12.4 Å². The zero-order valence-electron chi connectivity index (χ0n) is 11.7. The fourth-order valence-corrected chi connectivity index (χ4v) is 2.02. The van der Waals surface area contributed by atoms with Crippen LogP contribution in [0.4, 0.5) is 35.1 Å². The third kappa shape index (κ3) is 4.20. The average molecular weight is 330 g/mol. The third-order valence-electron chi connectivity index (χ3n) is 3.16. The molecule has 0 aromatic heterocycles. The van der Waals surface area contributed by atoms with Crippen molar-refractivity contribution in [3.8, 4) is 0 Å². The zero-order chi connectivity index (χ0) is 16.9. The summed E-state index contributed by atoms with van der Waals surface area (Å²) in [4.78, 5) is 0. The van der Waals surface area contributed by atoms with Crippen molar-refractivity contribution in [3.05, 3.63) is 0 Å². The van der Waals surface area contributed by atoms with Crippen LogP contribution in [0.15, 0.2) is 0 Å². The van der Waals surface area contributed by atoms with Gasteiger partial charge in [-0.25, -0.2) is 8.78 Å². The van der Waals surface area contributed by atoms with E-state index in [1.165, 1.54) is 13.8 Å². The highest BCUT2D eigenvalue weighted by Gasteiger charge is 2.65. The first-order chi connectivity index (χ1) is 9.45. The van der Waals surface area contributed by atoms with Gasteiger partial charge in [0.15, 0.2) is 11.2 Å². The van der Waals surface area contributed by atoms with Gasteiger partial charge in [0.05, 0.1) is 0 Å². The van der Waals surface area contributed by atoms with Crippen LogP contribution < -0.4 is 0 Å². The number of ether oxygens (including phenoxy) is 1. The van der Waals surface area contributed by atoms with Crippen LogP contribution in [-0.2, 0) is 4.74 Å². The highest BCUT2D eigenvalue weighted by molar-refractivity contribution is 4.97. The van der Waals surface area contributed by atoms with Crippen LogP contribution in [0.1, 0.15) is 39.5 Å². The molecule has 0 heterocycles. The van der Waals surface area contributed by atoms with Crippen molar-refractivity contribution >= 4 is 0 Å². The molecule has 0 rings (SSSR count). The molecule has 21 heavy (non-hydrogen) atoms. The normalized spacial score (nSPS) is 19.1. The van der Waals surface area contributed by atoms with E-state index < -0.39 is 49.7 Å². The molecule has 0 saturated carbocycles. The highest BCUT2D eigenvalue weighted by Crippen LogP contribution is 2.47. The fourth-order valence-electron chi connectivity index (χ4n) is 2.02. The van der Waals surface area contributed by atoms with Crippen LogP contribution in [0.25, 0.3) is 0 Å². The van der Waals surface area contributed by atoms with Gasteiger partial charge in [0.25, 0.3) is 0 Å². The minimum Gasteiger partial charge on any atom is -0.344 e. The molecule has 0 saturated heterocycles. The summed E-state index contributed by atoms with van der Waals surface area (Å²) < 4.78 is 108. The van der Waals surface area contributed by atoms with E-state index in [9.17, 15) is 35.1 Å². The highest BCUT2D eigenvalue weighted by atomic mass is 19.4. The van der Waals surface area contributed by atoms with Crippen molar-refractivity contribution < 1.29 is 39.9 Å². The molecule has 0 spiro atoms. The molecule has 0 aromatic carbocycles. The van der Waals surface area contributed by atoms with E-state index in [1.807, 2.05) is 0 Å². The van der Waals surface area contributed by atoms with Gasteiger partial charge in [-0.2, -0.15) is 26.3 Å². The number of halogens is 8. The van der Waals surface area contributed by atoms with E-state index in [0.717, 1.165) is 0 Å². The van der Waals surface area contributed by atoms with Crippen LogP contribution in [-0.4, -0.2) is 36.9 Å². The molecule has 0 aliphatic carbocycles. The second-order valence-corrected chi connectivity index (χ2v) is 4.85. The predicted octanol–water partition coefficient (Wildman–Crippen LogP) is 5.14. The van der Waals surface area contributed by atoms with Crippen LogP contribution in [0.3, 0.4) is 0 Å². The van der Waals surface area contributed by atoms with E-state index in [4.69, 9.17) is 0 Å². The Morgan fingerprint density at radius 1 is 0.667 bits per heavy atom. The lowest BCUT2D eigenvalue weighted by molar-refractivity contribution is -0.373. The molecule has 2 unspecified atom stereocenters. The van der Waals surface area contributed by atoms with Crippen molar-refractivity contribution in [1.29, 1.82) is 0 Å². The lowest BCUT2D eigenvalue weighted by atomic mass is 9.93. The summed E-state index contributed by atoms with van der Waals surface area (Å²) >= 11 is 0. The first-order valence-electron chi connectivity index (χ1n) is 6.41. The SMILES string of the molecule is CCCC(CF)(OC(CF)(CCC)C(F)(F)F)C(F)(F)F. The van der Waals surface area contributed by atoms with E-state index >= 15 is 0 Å². The molecule has 0 aliphatic heterocycles. The molecular formula is C12H18F8O. The van der Waals surface area contributed by atoms with Crippen LogP contribution in [0, 0.1) is 0 Å². The van der Waals surface area contributed by atoms with Gasteiger partial charge in [-0.3, -0.25) is 0 Å². The van der Waals surface area contributed by atoms with Gasteiger partial charge in [0.2, 0.25) is 0 Å². The second kappa shape index (κ2) is 7.11. The van der Waals surface area contributed by atoms with Gasteiger partial charge in [-0.15, -0.1) is 0 Å². The van der Waals surface area contributed by atoms with Crippen molar-refractivity contribution in [1.82, 2.24) is 0 Å². The monoisotopic (exact) mass is 330 g/mol. The lowest BCUT2D eigenvalue weighted by Gasteiger charge is -2.43. The lowest BCUT2D eigenvalue weighted by Crippen LogP contribution is -2.61. The molecule has 0 radical (unpaired) electrons. The molecule has 0 aliphatic rings. The van der Waals surface area contributed by atoms with E-state index in [-0.39, 0.29) is 12.8 Å². The van der Waals surface area contributed by atoms with Crippen molar-refractivity contribution in [2.24, 2.45) is 0 Å². The smallest absolute Gasteiger partial charge is 0.344 e. The molecule has 0 amide bonds. The van der Waals surface area contributed by atoms with Crippen molar-refractivity contribution in [2.45, 2.75) is 63.1 Å². The Kier molecular flexibility index (Phi) is 6.90. The Balaban J connectivity index is 5.82. The van der Waals surface area contributed by atoms with Crippen molar-refractivity contribution in [2.75, 3.05) is 13.3 Å². The summed E-state index contributed by atoms with van der Waals surface area (Å²) in [6.45, 7) is -1.92. The summed E-state index contributed by atoms with van der Waals surface area (Å²) in [7, 11) is 0. The molecule has 128 valence electrons. The zero-order valence-corrected chi connectivity index (χ0v) is 11.7. The maximum absolute atomic E-state index is 13.0. The first kappa shape index (κ1) is 20.4. The Hall–Kier alpha value is -0.600. The molecule has 0 fully saturated rings. The summed E-state index contributed by atoms with van der Waals surface area (Å²) in [5.74, 6) is 0. The van der Waals surface area contributed by atoms with Crippen LogP contribution in [0.2, 0.25) is 0 Å². The van der Waals surface area contributed by atoms with E-state index in [2.05, 4.69) is 4.74 Å². The van der Waals surface area contributed by atoms with Gasteiger partial charge < -0.3 is 4.74 Å². The standard InChI is InChI=1S/C12H18F8O/c1-3-5-9(7-13,11(15,16)17)21-10(8-14,6-4-2)12(18,19)20/h3-8H2,1-2H3. The molecular weight excluding hydrogens is 312 g/mol. The summed E-state index contributed by atoms with van der Waals surface area (Å²) in [5, 5.41) is 0. The number of hydrogen-bond donors (Lipinski definition) is 0. The Morgan fingerprint density at radius 2 is 0.952 bits per heavy atom. The molecule has 9 heteroatoms. The average Bonchev–Trinajstić information content (AvgIpc) is 2.34. The molecule has 0 N–H and O–H groups in total. The summed E-state index contributed by atoms with van der Waals surface area (Å²) in [6, 6.07) is 0. The Morgan fingerprint density at radius 3 is 1.10 bits per heavy atom. The van der Waals surface area contributed by atoms with E-state index in [0.29, 0.717) is 0 Å². The van der Waals surface area contributed by atoms with Gasteiger partial charge in [0, 0.05) is 0 Å².